The standard InChI is InChI=1S/C30H34N2O4/c1-4-18-32(3)19-27-21(2)28(23-12-10-22(20-33)11-13-23)36-30(35-27)25-14-16-26(17-15-25)31-29(34)24-8-6-5-7-9-24/h4-17,21,27-28,30,33H,1,18-20H2,2-3H3,(H,31,34)/t21-,27+,28+,30+/m1/s1. The molecule has 3 aromatic carbocycles. The quantitative estimate of drug-likeness (QED) is 0.400. The van der Waals surface area contributed by atoms with Gasteiger partial charge in [0, 0.05) is 35.8 Å². The highest BCUT2D eigenvalue weighted by atomic mass is 16.7. The number of nitrogens with zero attached hydrogens (tertiary/aromatic N) is 1. The maximum atomic E-state index is 12.5. The van der Waals surface area contributed by atoms with Gasteiger partial charge < -0.3 is 24.8 Å². The molecule has 1 fully saturated rings. The van der Waals surface area contributed by atoms with Crippen LogP contribution in [0.4, 0.5) is 5.69 Å². The zero-order valence-electron chi connectivity index (χ0n) is 20.8. The molecule has 1 aliphatic rings. The molecule has 0 unspecified atom stereocenters. The van der Waals surface area contributed by atoms with Crippen molar-refractivity contribution in [1.29, 1.82) is 0 Å². The molecule has 6 heteroatoms. The van der Waals surface area contributed by atoms with Gasteiger partial charge in [0.05, 0.1) is 18.8 Å². The van der Waals surface area contributed by atoms with Crippen LogP contribution in [0.2, 0.25) is 0 Å². The number of aliphatic hydroxyl groups is 1. The lowest BCUT2D eigenvalue weighted by molar-refractivity contribution is -0.275. The molecule has 6 nitrogen and oxygen atoms in total. The van der Waals surface area contributed by atoms with Crippen LogP contribution in [0.5, 0.6) is 0 Å². The minimum atomic E-state index is -0.551. The van der Waals surface area contributed by atoms with Gasteiger partial charge in [-0.3, -0.25) is 4.79 Å². The summed E-state index contributed by atoms with van der Waals surface area (Å²) < 4.78 is 13.0. The zero-order valence-corrected chi connectivity index (χ0v) is 20.8. The van der Waals surface area contributed by atoms with Crippen LogP contribution in [0.3, 0.4) is 0 Å². The average molecular weight is 487 g/mol. The zero-order chi connectivity index (χ0) is 25.5. The third kappa shape index (κ3) is 6.28. The second-order valence-corrected chi connectivity index (χ2v) is 9.27. The van der Waals surface area contributed by atoms with Crippen molar-refractivity contribution in [1.82, 2.24) is 4.90 Å². The summed E-state index contributed by atoms with van der Waals surface area (Å²) in [6.07, 6.45) is 1.10. The molecule has 188 valence electrons. The molecule has 3 aromatic rings. The molecule has 1 saturated heterocycles. The fraction of sp³-hybridized carbons (Fsp3) is 0.300. The van der Waals surface area contributed by atoms with Crippen molar-refractivity contribution >= 4 is 11.6 Å². The van der Waals surface area contributed by atoms with E-state index in [1.807, 2.05) is 72.8 Å². The summed E-state index contributed by atoms with van der Waals surface area (Å²) in [5.74, 6) is -0.0445. The second-order valence-electron chi connectivity index (χ2n) is 9.27. The van der Waals surface area contributed by atoms with Crippen LogP contribution >= 0.6 is 0 Å². The number of carbonyl (C=O) groups excluding carboxylic acids is 1. The summed E-state index contributed by atoms with van der Waals surface area (Å²) >= 11 is 0. The Kier molecular flexibility index (Phi) is 8.67. The molecule has 1 heterocycles. The molecule has 4 rings (SSSR count). The summed E-state index contributed by atoms with van der Waals surface area (Å²) in [6.45, 7) is 7.51. The van der Waals surface area contributed by atoms with E-state index in [0.29, 0.717) is 11.3 Å². The van der Waals surface area contributed by atoms with Crippen LogP contribution in [-0.4, -0.2) is 42.2 Å². The Bertz CT molecular complexity index is 1130. The van der Waals surface area contributed by atoms with E-state index < -0.39 is 6.29 Å². The molecule has 1 amide bonds. The topological polar surface area (TPSA) is 71.0 Å². The summed E-state index contributed by atoms with van der Waals surface area (Å²) in [4.78, 5) is 14.7. The number of benzene rings is 3. The fourth-order valence-corrected chi connectivity index (χ4v) is 4.45. The number of hydrogen-bond acceptors (Lipinski definition) is 5. The lowest BCUT2D eigenvalue weighted by Crippen LogP contribution is -2.43. The number of hydrogen-bond donors (Lipinski definition) is 2. The maximum absolute atomic E-state index is 12.5. The van der Waals surface area contributed by atoms with Crippen molar-refractivity contribution in [2.24, 2.45) is 5.92 Å². The molecule has 1 aliphatic heterocycles. The van der Waals surface area contributed by atoms with Crippen molar-refractivity contribution < 1.29 is 19.4 Å². The molecule has 0 bridgehead atoms. The Morgan fingerprint density at radius 1 is 1.00 bits per heavy atom. The Hall–Kier alpha value is -3.29. The summed E-state index contributed by atoms with van der Waals surface area (Å²) in [5.41, 5.74) is 4.11. The van der Waals surface area contributed by atoms with Crippen molar-refractivity contribution in [3.8, 4) is 0 Å². The van der Waals surface area contributed by atoms with Crippen LogP contribution in [0.1, 0.15) is 46.4 Å². The van der Waals surface area contributed by atoms with Gasteiger partial charge in [-0.15, -0.1) is 6.58 Å². The summed E-state index contributed by atoms with van der Waals surface area (Å²) in [7, 11) is 2.05. The molecule has 36 heavy (non-hydrogen) atoms. The number of amides is 1. The molecule has 0 spiro atoms. The molecule has 4 atom stereocenters. The van der Waals surface area contributed by atoms with Crippen LogP contribution in [0, 0.1) is 5.92 Å². The number of anilines is 1. The third-order valence-electron chi connectivity index (χ3n) is 6.53. The smallest absolute Gasteiger partial charge is 0.255 e. The number of ether oxygens (including phenoxy) is 2. The van der Waals surface area contributed by atoms with Crippen molar-refractivity contribution in [3.05, 3.63) is 114 Å². The molecule has 0 aromatic heterocycles. The van der Waals surface area contributed by atoms with E-state index in [0.717, 1.165) is 29.8 Å². The van der Waals surface area contributed by atoms with Crippen molar-refractivity contribution in [2.45, 2.75) is 32.0 Å². The van der Waals surface area contributed by atoms with E-state index in [-0.39, 0.29) is 30.6 Å². The van der Waals surface area contributed by atoms with Gasteiger partial charge in [-0.05, 0) is 42.4 Å². The van der Waals surface area contributed by atoms with Gasteiger partial charge in [-0.2, -0.15) is 0 Å². The van der Waals surface area contributed by atoms with E-state index in [1.54, 1.807) is 12.1 Å². The molecule has 0 aliphatic carbocycles. The average Bonchev–Trinajstić information content (AvgIpc) is 2.91. The first-order chi connectivity index (χ1) is 17.5. The van der Waals surface area contributed by atoms with Gasteiger partial charge in [-0.25, -0.2) is 0 Å². The number of likely N-dealkylation sites (N-methyl/N-ethyl adjacent to an activating group) is 1. The number of carbonyl (C=O) groups is 1. The molecule has 2 N–H and O–H groups in total. The Morgan fingerprint density at radius 3 is 2.31 bits per heavy atom. The largest absolute Gasteiger partial charge is 0.392 e. The number of rotatable bonds is 9. The monoisotopic (exact) mass is 486 g/mol. The van der Waals surface area contributed by atoms with E-state index in [4.69, 9.17) is 9.47 Å². The predicted molar refractivity (Wildman–Crippen MR) is 141 cm³/mol. The van der Waals surface area contributed by atoms with Gasteiger partial charge >= 0.3 is 0 Å². The normalized spacial score (nSPS) is 21.8. The van der Waals surface area contributed by atoms with Gasteiger partial charge in [-0.1, -0.05) is 67.6 Å². The van der Waals surface area contributed by atoms with Crippen LogP contribution in [-0.2, 0) is 16.1 Å². The minimum Gasteiger partial charge on any atom is -0.392 e. The highest BCUT2D eigenvalue weighted by molar-refractivity contribution is 6.04. The Labute approximate surface area is 213 Å². The summed E-state index contributed by atoms with van der Waals surface area (Å²) in [5, 5.41) is 12.4. The number of nitrogens with one attached hydrogen (secondary N) is 1. The highest BCUT2D eigenvalue weighted by Gasteiger charge is 2.38. The van der Waals surface area contributed by atoms with Crippen molar-refractivity contribution in [3.63, 3.8) is 0 Å². The van der Waals surface area contributed by atoms with Gasteiger partial charge in [0.2, 0.25) is 0 Å². The van der Waals surface area contributed by atoms with Gasteiger partial charge in [0.15, 0.2) is 6.29 Å². The van der Waals surface area contributed by atoms with E-state index in [1.165, 1.54) is 0 Å². The lowest BCUT2D eigenvalue weighted by atomic mass is 9.90. The first-order valence-corrected chi connectivity index (χ1v) is 12.2. The molecular formula is C30H34N2O4. The Balaban J connectivity index is 1.53. The maximum Gasteiger partial charge on any atom is 0.255 e. The Morgan fingerprint density at radius 2 is 1.67 bits per heavy atom. The SMILES string of the molecule is C=CCN(C)C[C@@H]1O[C@H](c2ccc(NC(=O)c3ccccc3)cc2)O[C@H](c2ccc(CO)cc2)[C@@H]1C. The minimum absolute atomic E-state index is 0.00915. The fourth-order valence-electron chi connectivity index (χ4n) is 4.45. The first kappa shape index (κ1) is 25.8. The van der Waals surface area contributed by atoms with Gasteiger partial charge in [0.1, 0.15) is 0 Å². The highest BCUT2D eigenvalue weighted by Crippen LogP contribution is 2.42. The van der Waals surface area contributed by atoms with Crippen molar-refractivity contribution in [2.75, 3.05) is 25.5 Å². The molecule has 0 radical (unpaired) electrons. The third-order valence-corrected chi connectivity index (χ3v) is 6.53. The van der Waals surface area contributed by atoms with E-state index in [2.05, 4.69) is 30.8 Å². The van der Waals surface area contributed by atoms with E-state index >= 15 is 0 Å². The van der Waals surface area contributed by atoms with Crippen LogP contribution in [0.15, 0.2) is 91.5 Å². The van der Waals surface area contributed by atoms with E-state index in [9.17, 15) is 9.90 Å². The second kappa shape index (κ2) is 12.1. The lowest BCUT2D eigenvalue weighted by Gasteiger charge is -2.42. The summed E-state index contributed by atoms with van der Waals surface area (Å²) in [6, 6.07) is 24.6. The van der Waals surface area contributed by atoms with Gasteiger partial charge in [0.25, 0.3) is 5.91 Å². The predicted octanol–water partition coefficient (Wildman–Crippen LogP) is 5.34. The first-order valence-electron chi connectivity index (χ1n) is 12.2. The molecule has 0 saturated carbocycles. The molecular weight excluding hydrogens is 452 g/mol. The van der Waals surface area contributed by atoms with Crippen LogP contribution in [0.25, 0.3) is 0 Å². The van der Waals surface area contributed by atoms with Crippen LogP contribution < -0.4 is 5.32 Å². The number of aliphatic hydroxyl groups excluding tert-OH is 1.